The molecule has 0 saturated carbocycles. The van der Waals surface area contributed by atoms with Gasteiger partial charge in [0.1, 0.15) is 5.60 Å². The molecular weight excluding hydrogens is 448 g/mol. The molecule has 0 aliphatic heterocycles. The number of ether oxygens (including phenoxy) is 1. The van der Waals surface area contributed by atoms with Crippen molar-refractivity contribution in [2.45, 2.75) is 111 Å². The van der Waals surface area contributed by atoms with Crippen LogP contribution in [0.2, 0.25) is 0 Å². The zero-order valence-electron chi connectivity index (χ0n) is 24.7. The maximum atomic E-state index is 12.7. The van der Waals surface area contributed by atoms with Crippen molar-refractivity contribution in [1.82, 2.24) is 9.80 Å². The van der Waals surface area contributed by atoms with Crippen LogP contribution in [0, 0.1) is 5.92 Å². The van der Waals surface area contributed by atoms with Gasteiger partial charge in [-0.2, -0.15) is 0 Å². The highest BCUT2D eigenvalue weighted by atomic mass is 16.6. The molecule has 5 heteroatoms. The lowest BCUT2D eigenvalue weighted by atomic mass is 9.97. The molecule has 0 amide bonds. The van der Waals surface area contributed by atoms with E-state index in [1.807, 2.05) is 19.9 Å². The van der Waals surface area contributed by atoms with Crippen LogP contribution in [-0.4, -0.2) is 71.3 Å². The van der Waals surface area contributed by atoms with Crippen LogP contribution < -0.4 is 0 Å². The monoisotopic (exact) mass is 506 g/mol. The lowest BCUT2D eigenvalue weighted by Crippen LogP contribution is -2.46. The van der Waals surface area contributed by atoms with E-state index in [1.165, 1.54) is 0 Å². The molecule has 0 spiro atoms. The Kier molecular flexibility index (Phi) is 18.9. The molecule has 0 aromatic carbocycles. The van der Waals surface area contributed by atoms with E-state index in [-0.39, 0.29) is 18.1 Å². The molecule has 0 aliphatic carbocycles. The maximum absolute atomic E-state index is 12.7. The highest BCUT2D eigenvalue weighted by Gasteiger charge is 2.27. The Hall–Kier alpha value is -1.43. The summed E-state index contributed by atoms with van der Waals surface area (Å²) in [5, 5.41) is 9.31. The van der Waals surface area contributed by atoms with E-state index in [4.69, 9.17) is 4.74 Å². The van der Waals surface area contributed by atoms with Gasteiger partial charge in [-0.1, -0.05) is 44.2 Å². The first kappa shape index (κ1) is 34.6. The van der Waals surface area contributed by atoms with Gasteiger partial charge in [0.15, 0.2) is 0 Å². The highest BCUT2D eigenvalue weighted by Crippen LogP contribution is 2.22. The van der Waals surface area contributed by atoms with E-state index >= 15 is 0 Å². The van der Waals surface area contributed by atoms with E-state index in [9.17, 15) is 9.90 Å². The van der Waals surface area contributed by atoms with Crippen molar-refractivity contribution in [3.8, 4) is 0 Å². The molecule has 0 fully saturated rings. The normalized spacial score (nSPS) is 13.8. The van der Waals surface area contributed by atoms with Crippen LogP contribution in [0.5, 0.6) is 0 Å². The summed E-state index contributed by atoms with van der Waals surface area (Å²) in [7, 11) is 0. The number of esters is 1. The van der Waals surface area contributed by atoms with Gasteiger partial charge >= 0.3 is 5.97 Å². The fraction of sp³-hybridized carbons (Fsp3) is 0.774. The number of hydrogen-bond acceptors (Lipinski definition) is 5. The number of carbonyl (C=O) groups excluding carboxylic acids is 1. The van der Waals surface area contributed by atoms with Gasteiger partial charge in [0.2, 0.25) is 0 Å². The molecule has 1 atom stereocenters. The summed E-state index contributed by atoms with van der Waals surface area (Å²) in [5.41, 5.74) is -0.488. The fourth-order valence-electron chi connectivity index (χ4n) is 4.29. The number of aliphatic hydroxyl groups is 1. The maximum Gasteiger partial charge on any atom is 0.307 e. The molecule has 0 saturated heterocycles. The topological polar surface area (TPSA) is 53.0 Å². The molecule has 0 aromatic rings. The van der Waals surface area contributed by atoms with E-state index in [2.05, 4.69) is 75.3 Å². The summed E-state index contributed by atoms with van der Waals surface area (Å²) in [6.45, 7) is 23.4. The Labute approximate surface area is 223 Å². The zero-order chi connectivity index (χ0) is 27.5. The molecule has 0 aliphatic rings. The Morgan fingerprint density at radius 3 is 2.33 bits per heavy atom. The zero-order valence-corrected chi connectivity index (χ0v) is 24.7. The molecule has 1 N–H and O–H groups in total. The van der Waals surface area contributed by atoms with Crippen molar-refractivity contribution in [2.24, 2.45) is 5.92 Å². The van der Waals surface area contributed by atoms with Crippen LogP contribution in [0.3, 0.4) is 0 Å². The molecule has 210 valence electrons. The van der Waals surface area contributed by atoms with Crippen molar-refractivity contribution in [1.29, 1.82) is 0 Å². The summed E-state index contributed by atoms with van der Waals surface area (Å²) < 4.78 is 5.87. The van der Waals surface area contributed by atoms with Crippen LogP contribution in [0.15, 0.2) is 37.0 Å². The van der Waals surface area contributed by atoms with Crippen molar-refractivity contribution in [3.05, 3.63) is 37.0 Å². The minimum atomic E-state index is -0.516. The third-order valence-electron chi connectivity index (χ3n) is 7.04. The van der Waals surface area contributed by atoms with Crippen LogP contribution in [-0.2, 0) is 9.53 Å². The standard InChI is InChI=1S/C31H58N2O3/c1-9-13-14-18-28(11-3)19-15-16-21-31(7,8)36-29(35)20-25-33(30(5,6)12-4)24-17-23-32(22-10-2)26-27-34/h9,11,13,15-16,28,34H,3,10,12,14,17-27H2,1-2,4-8H3/b13-9+,16-15-. The van der Waals surface area contributed by atoms with Crippen molar-refractivity contribution in [3.63, 3.8) is 0 Å². The molecule has 1 unspecified atom stereocenters. The van der Waals surface area contributed by atoms with Gasteiger partial charge in [0, 0.05) is 25.0 Å². The molecule has 0 aromatic heterocycles. The molecule has 0 rings (SSSR count). The lowest BCUT2D eigenvalue weighted by molar-refractivity contribution is -0.156. The second-order valence-corrected chi connectivity index (χ2v) is 11.1. The van der Waals surface area contributed by atoms with Gasteiger partial charge in [0.05, 0.1) is 13.0 Å². The van der Waals surface area contributed by atoms with E-state index in [0.29, 0.717) is 25.3 Å². The second kappa shape index (κ2) is 19.7. The Balaban J connectivity index is 4.70. The smallest absolute Gasteiger partial charge is 0.307 e. The average Bonchev–Trinajstić information content (AvgIpc) is 2.82. The largest absolute Gasteiger partial charge is 0.459 e. The van der Waals surface area contributed by atoms with Crippen molar-refractivity contribution in [2.75, 3.05) is 39.3 Å². The summed E-state index contributed by atoms with van der Waals surface area (Å²) in [6.07, 6.45) is 18.1. The first-order valence-corrected chi connectivity index (χ1v) is 14.2. The molecule has 0 heterocycles. The lowest BCUT2D eigenvalue weighted by Gasteiger charge is -2.38. The minimum Gasteiger partial charge on any atom is -0.459 e. The Morgan fingerprint density at radius 2 is 1.75 bits per heavy atom. The Bertz CT molecular complexity index is 634. The predicted molar refractivity (Wildman–Crippen MR) is 155 cm³/mol. The fourth-order valence-corrected chi connectivity index (χ4v) is 4.29. The van der Waals surface area contributed by atoms with Crippen LogP contribution in [0.25, 0.3) is 0 Å². The first-order valence-electron chi connectivity index (χ1n) is 14.2. The number of rotatable bonds is 22. The summed E-state index contributed by atoms with van der Waals surface area (Å²) in [4.78, 5) is 17.5. The third kappa shape index (κ3) is 16.3. The van der Waals surface area contributed by atoms with Gasteiger partial charge in [-0.15, -0.1) is 6.58 Å². The van der Waals surface area contributed by atoms with Gasteiger partial charge in [-0.3, -0.25) is 9.69 Å². The number of hydrogen-bond donors (Lipinski definition) is 1. The quantitative estimate of drug-likeness (QED) is 0.130. The third-order valence-corrected chi connectivity index (χ3v) is 7.04. The summed E-state index contributed by atoms with van der Waals surface area (Å²) in [6, 6.07) is 0. The van der Waals surface area contributed by atoms with E-state index < -0.39 is 5.60 Å². The first-order chi connectivity index (χ1) is 17.0. The average molecular weight is 507 g/mol. The number of nitrogens with zero attached hydrogens (tertiary/aromatic N) is 2. The van der Waals surface area contributed by atoms with E-state index in [0.717, 1.165) is 64.7 Å². The van der Waals surface area contributed by atoms with Gasteiger partial charge in [-0.05, 0) is 98.7 Å². The molecule has 5 nitrogen and oxygen atoms in total. The van der Waals surface area contributed by atoms with Crippen molar-refractivity contribution < 1.29 is 14.6 Å². The van der Waals surface area contributed by atoms with Gasteiger partial charge < -0.3 is 14.7 Å². The highest BCUT2D eigenvalue weighted by molar-refractivity contribution is 5.70. The molecule has 0 bridgehead atoms. The number of carbonyl (C=O) groups is 1. The van der Waals surface area contributed by atoms with Crippen LogP contribution >= 0.6 is 0 Å². The molecule has 36 heavy (non-hydrogen) atoms. The number of allylic oxidation sites excluding steroid dienone is 4. The van der Waals surface area contributed by atoms with Crippen LogP contribution in [0.4, 0.5) is 0 Å². The summed E-state index contributed by atoms with van der Waals surface area (Å²) in [5.74, 6) is 0.349. The van der Waals surface area contributed by atoms with Crippen molar-refractivity contribution >= 4 is 5.97 Å². The van der Waals surface area contributed by atoms with E-state index in [1.54, 1.807) is 0 Å². The predicted octanol–water partition coefficient (Wildman–Crippen LogP) is 6.78. The second-order valence-electron chi connectivity index (χ2n) is 11.1. The van der Waals surface area contributed by atoms with Gasteiger partial charge in [-0.25, -0.2) is 0 Å². The van der Waals surface area contributed by atoms with Crippen LogP contribution in [0.1, 0.15) is 99.8 Å². The molecular formula is C31H58N2O3. The van der Waals surface area contributed by atoms with Gasteiger partial charge in [0.25, 0.3) is 0 Å². The Morgan fingerprint density at radius 1 is 1.03 bits per heavy atom. The minimum absolute atomic E-state index is 0.0275. The number of aliphatic hydroxyl groups excluding tert-OH is 1. The molecule has 0 radical (unpaired) electrons. The summed E-state index contributed by atoms with van der Waals surface area (Å²) >= 11 is 0. The SMILES string of the molecule is C=CC(C/C=C\CC(C)(C)OC(=O)CCN(CCCN(CCC)CCO)C(C)(C)CC)CC/C=C/C.